The van der Waals surface area contributed by atoms with Crippen LogP contribution in [0.15, 0.2) is 103 Å². The van der Waals surface area contributed by atoms with Crippen molar-refractivity contribution in [3.8, 4) is 22.5 Å². The zero-order valence-corrected chi connectivity index (χ0v) is 16.8. The van der Waals surface area contributed by atoms with E-state index in [1.54, 1.807) is 0 Å². The highest BCUT2D eigenvalue weighted by Crippen LogP contribution is 2.39. The van der Waals surface area contributed by atoms with Gasteiger partial charge in [-0.15, -0.1) is 0 Å². The van der Waals surface area contributed by atoms with E-state index in [1.807, 2.05) is 18.2 Å². The molecule has 0 amide bonds. The third kappa shape index (κ3) is 2.42. The molecule has 0 unspecified atom stereocenters. The first kappa shape index (κ1) is 16.6. The predicted molar refractivity (Wildman–Crippen MR) is 131 cm³/mol. The van der Waals surface area contributed by atoms with Crippen molar-refractivity contribution in [1.29, 1.82) is 0 Å². The number of hydrogen-bond acceptors (Lipinski definition) is 1. The maximum absolute atomic E-state index is 4.74. The molecular formula is C29H18N2. The lowest BCUT2D eigenvalue weighted by Crippen LogP contribution is -1.87. The smallest absolute Gasteiger partial charge is 0.138 e. The molecule has 1 N–H and O–H groups in total. The van der Waals surface area contributed by atoms with Gasteiger partial charge in [-0.3, -0.25) is 0 Å². The van der Waals surface area contributed by atoms with Crippen LogP contribution in [0.2, 0.25) is 0 Å². The van der Waals surface area contributed by atoms with Gasteiger partial charge in [-0.1, -0.05) is 91.0 Å². The van der Waals surface area contributed by atoms with Gasteiger partial charge < -0.3 is 4.98 Å². The minimum Gasteiger partial charge on any atom is -0.338 e. The van der Waals surface area contributed by atoms with E-state index < -0.39 is 0 Å². The second-order valence-electron chi connectivity index (χ2n) is 8.15. The molecule has 0 saturated heterocycles. The maximum Gasteiger partial charge on any atom is 0.138 e. The first-order chi connectivity index (χ1) is 15.3. The maximum atomic E-state index is 4.74. The summed E-state index contributed by atoms with van der Waals surface area (Å²) in [7, 11) is 0. The van der Waals surface area contributed by atoms with E-state index in [4.69, 9.17) is 4.98 Å². The van der Waals surface area contributed by atoms with Gasteiger partial charge in [0.1, 0.15) is 5.82 Å². The van der Waals surface area contributed by atoms with E-state index >= 15 is 0 Å². The third-order valence-corrected chi connectivity index (χ3v) is 6.39. The van der Waals surface area contributed by atoms with Crippen molar-refractivity contribution in [2.75, 3.05) is 0 Å². The van der Waals surface area contributed by atoms with Crippen molar-refractivity contribution in [3.63, 3.8) is 0 Å². The molecule has 31 heavy (non-hydrogen) atoms. The lowest BCUT2D eigenvalue weighted by atomic mass is 9.90. The summed E-state index contributed by atoms with van der Waals surface area (Å²) < 4.78 is 0. The molecule has 1 aromatic heterocycles. The molecular weight excluding hydrogens is 376 g/mol. The van der Waals surface area contributed by atoms with E-state index in [1.165, 1.54) is 43.4 Å². The number of nitrogens with one attached hydrogen (secondary N) is 1. The van der Waals surface area contributed by atoms with Gasteiger partial charge in [-0.05, 0) is 55.6 Å². The fraction of sp³-hybridized carbons (Fsp3) is 0. The summed E-state index contributed by atoms with van der Waals surface area (Å²) in [5.74, 6) is 0.906. The summed E-state index contributed by atoms with van der Waals surface area (Å²) in [6.07, 6.45) is 0. The molecule has 7 aromatic rings. The highest BCUT2D eigenvalue weighted by atomic mass is 14.9. The summed E-state index contributed by atoms with van der Waals surface area (Å²) in [6.45, 7) is 0. The largest absolute Gasteiger partial charge is 0.338 e. The van der Waals surface area contributed by atoms with Crippen molar-refractivity contribution < 1.29 is 0 Å². The molecule has 2 nitrogen and oxygen atoms in total. The molecule has 144 valence electrons. The molecule has 0 fully saturated rings. The molecule has 0 aliphatic carbocycles. The van der Waals surface area contributed by atoms with Gasteiger partial charge in [0.25, 0.3) is 0 Å². The van der Waals surface area contributed by atoms with Gasteiger partial charge in [0.05, 0.1) is 11.0 Å². The Bertz CT molecular complexity index is 1670. The number of aromatic nitrogens is 2. The van der Waals surface area contributed by atoms with E-state index in [-0.39, 0.29) is 0 Å². The number of imidazole rings is 1. The zero-order valence-electron chi connectivity index (χ0n) is 16.8. The van der Waals surface area contributed by atoms with Crippen LogP contribution in [0.4, 0.5) is 0 Å². The number of fused-ring (bicyclic) bond motifs is 1. The van der Waals surface area contributed by atoms with E-state index in [0.29, 0.717) is 0 Å². The molecule has 7 rings (SSSR count). The van der Waals surface area contributed by atoms with Crippen LogP contribution >= 0.6 is 0 Å². The van der Waals surface area contributed by atoms with Crippen LogP contribution in [0.25, 0.3) is 65.9 Å². The fourth-order valence-electron chi connectivity index (χ4n) is 4.88. The van der Waals surface area contributed by atoms with Crippen LogP contribution in [-0.2, 0) is 0 Å². The number of rotatable bonds is 2. The van der Waals surface area contributed by atoms with Gasteiger partial charge >= 0.3 is 0 Å². The first-order valence-corrected chi connectivity index (χ1v) is 10.6. The Morgan fingerprint density at radius 2 is 1.19 bits per heavy atom. The standard InChI is InChI=1S/C29H18N2/c1-2-7-26-25(6-1)30-29(31-26)22-12-8-18(9-13-22)23-16-14-21-11-10-19-4-3-5-20-15-17-24(23)28(21)27(19)20/h1-17H,(H,30,31). The molecule has 0 aliphatic heterocycles. The Morgan fingerprint density at radius 1 is 0.516 bits per heavy atom. The van der Waals surface area contributed by atoms with E-state index in [9.17, 15) is 0 Å². The Labute approximate surface area is 179 Å². The molecule has 0 aliphatic rings. The number of aromatic amines is 1. The predicted octanol–water partition coefficient (Wildman–Crippen LogP) is 7.79. The number of para-hydroxylation sites is 2. The number of H-pyrrole nitrogens is 1. The molecule has 0 atom stereocenters. The van der Waals surface area contributed by atoms with Crippen LogP contribution in [-0.4, -0.2) is 9.97 Å². The lowest BCUT2D eigenvalue weighted by Gasteiger charge is -2.14. The first-order valence-electron chi connectivity index (χ1n) is 10.6. The summed E-state index contributed by atoms with van der Waals surface area (Å²) in [5.41, 5.74) is 5.64. The van der Waals surface area contributed by atoms with Gasteiger partial charge in [-0.25, -0.2) is 4.98 Å². The highest BCUT2D eigenvalue weighted by molar-refractivity contribution is 6.25. The minimum absolute atomic E-state index is 0.906. The zero-order chi connectivity index (χ0) is 20.4. The normalized spacial score (nSPS) is 11.9. The minimum atomic E-state index is 0.906. The molecule has 6 aromatic carbocycles. The summed E-state index contributed by atoms with van der Waals surface area (Å²) in [4.78, 5) is 8.16. The molecule has 0 spiro atoms. The van der Waals surface area contributed by atoms with E-state index in [0.717, 1.165) is 22.4 Å². The van der Waals surface area contributed by atoms with Crippen LogP contribution in [0.3, 0.4) is 0 Å². The van der Waals surface area contributed by atoms with Crippen LogP contribution in [0, 0.1) is 0 Å². The van der Waals surface area contributed by atoms with Crippen molar-refractivity contribution in [2.24, 2.45) is 0 Å². The number of benzene rings is 6. The average Bonchev–Trinajstić information content (AvgIpc) is 3.27. The Balaban J connectivity index is 1.40. The topological polar surface area (TPSA) is 28.7 Å². The van der Waals surface area contributed by atoms with Crippen LogP contribution in [0.5, 0.6) is 0 Å². The van der Waals surface area contributed by atoms with Crippen LogP contribution < -0.4 is 0 Å². The molecule has 0 radical (unpaired) electrons. The molecule has 1 heterocycles. The van der Waals surface area contributed by atoms with Crippen molar-refractivity contribution in [1.82, 2.24) is 9.97 Å². The SMILES string of the molecule is c1cc2ccc3ccc(-c4ccc(-c5nc6ccccc6[nH]5)cc4)c4ccc(c1)c2c34. The quantitative estimate of drug-likeness (QED) is 0.298. The lowest BCUT2D eigenvalue weighted by molar-refractivity contribution is 1.34. The Hall–Kier alpha value is -4.17. The number of nitrogens with zero attached hydrogens (tertiary/aromatic N) is 1. The summed E-state index contributed by atoms with van der Waals surface area (Å²) in [5, 5.41) is 7.91. The van der Waals surface area contributed by atoms with Crippen molar-refractivity contribution in [3.05, 3.63) is 103 Å². The van der Waals surface area contributed by atoms with Gasteiger partial charge in [0.2, 0.25) is 0 Å². The number of hydrogen-bond donors (Lipinski definition) is 1. The molecule has 0 saturated carbocycles. The summed E-state index contributed by atoms with van der Waals surface area (Å²) in [6, 6.07) is 36.9. The van der Waals surface area contributed by atoms with Crippen molar-refractivity contribution >= 4 is 43.4 Å². The highest BCUT2D eigenvalue weighted by Gasteiger charge is 2.12. The average molecular weight is 394 g/mol. The Kier molecular flexibility index (Phi) is 3.30. The third-order valence-electron chi connectivity index (χ3n) is 6.39. The fourth-order valence-corrected chi connectivity index (χ4v) is 4.88. The van der Waals surface area contributed by atoms with Gasteiger partial charge in [-0.2, -0.15) is 0 Å². The van der Waals surface area contributed by atoms with Gasteiger partial charge in [0, 0.05) is 5.56 Å². The van der Waals surface area contributed by atoms with Gasteiger partial charge in [0.15, 0.2) is 0 Å². The molecule has 0 bridgehead atoms. The summed E-state index contributed by atoms with van der Waals surface area (Å²) >= 11 is 0. The second-order valence-corrected chi connectivity index (χ2v) is 8.15. The monoisotopic (exact) mass is 394 g/mol. The Morgan fingerprint density at radius 3 is 2.00 bits per heavy atom. The second kappa shape index (κ2) is 6.16. The van der Waals surface area contributed by atoms with Crippen molar-refractivity contribution in [2.45, 2.75) is 0 Å². The van der Waals surface area contributed by atoms with Crippen LogP contribution in [0.1, 0.15) is 0 Å². The molecule has 2 heteroatoms. The van der Waals surface area contributed by atoms with E-state index in [2.05, 4.69) is 89.9 Å².